The Morgan fingerprint density at radius 2 is 1.67 bits per heavy atom. The molecule has 1 fully saturated rings. The highest BCUT2D eigenvalue weighted by Gasteiger charge is 2.29. The van der Waals surface area contributed by atoms with Crippen LogP contribution in [0.1, 0.15) is 43.7 Å². The van der Waals surface area contributed by atoms with E-state index < -0.39 is 0 Å². The lowest BCUT2D eigenvalue weighted by molar-refractivity contribution is -0.918. The number of amides is 1. The Kier molecular flexibility index (Phi) is 5.40. The van der Waals surface area contributed by atoms with Gasteiger partial charge in [0.15, 0.2) is 6.54 Å². The third-order valence-electron chi connectivity index (χ3n) is 4.91. The third-order valence-corrected chi connectivity index (χ3v) is 4.91. The van der Waals surface area contributed by atoms with Gasteiger partial charge in [-0.15, -0.1) is 0 Å². The predicted molar refractivity (Wildman–Crippen MR) is 88.4 cm³/mol. The van der Waals surface area contributed by atoms with Crippen LogP contribution in [0, 0.1) is 13.8 Å². The average Bonchev–Trinajstić information content (AvgIpc) is 2.69. The van der Waals surface area contributed by atoms with E-state index in [-0.39, 0.29) is 5.91 Å². The molecule has 1 amide bonds. The molecule has 0 atom stereocenters. The molecule has 3 nitrogen and oxygen atoms in total. The second-order valence-electron chi connectivity index (χ2n) is 6.49. The van der Waals surface area contributed by atoms with Gasteiger partial charge in [0.1, 0.15) is 0 Å². The Bertz CT molecular complexity index is 468. The van der Waals surface area contributed by atoms with Gasteiger partial charge >= 0.3 is 0 Å². The van der Waals surface area contributed by atoms with Crippen molar-refractivity contribution in [3.63, 3.8) is 0 Å². The summed E-state index contributed by atoms with van der Waals surface area (Å²) in [5.41, 5.74) is 3.27. The fraction of sp³-hybridized carbons (Fsp3) is 0.611. The number of nitrogens with zero attached hydrogens (tertiary/aromatic N) is 1. The molecule has 116 valence electrons. The number of para-hydroxylation sites is 1. The van der Waals surface area contributed by atoms with Crippen LogP contribution in [0.3, 0.4) is 0 Å². The number of aryl methyl sites for hydroxylation is 2. The third kappa shape index (κ3) is 4.07. The molecule has 0 spiro atoms. The van der Waals surface area contributed by atoms with E-state index in [4.69, 9.17) is 0 Å². The van der Waals surface area contributed by atoms with Crippen molar-refractivity contribution in [3.8, 4) is 0 Å². The molecule has 3 heteroatoms. The first-order valence-corrected chi connectivity index (χ1v) is 8.27. The molecule has 1 aromatic rings. The van der Waals surface area contributed by atoms with E-state index >= 15 is 0 Å². The number of nitrogens with one attached hydrogen (secondary N) is 1. The highest BCUT2D eigenvalue weighted by molar-refractivity contribution is 5.93. The summed E-state index contributed by atoms with van der Waals surface area (Å²) in [6.45, 7) is 10.3. The van der Waals surface area contributed by atoms with Crippen molar-refractivity contribution in [2.75, 3.05) is 31.5 Å². The second kappa shape index (κ2) is 7.08. The van der Waals surface area contributed by atoms with Crippen molar-refractivity contribution >= 4 is 11.6 Å². The first-order valence-electron chi connectivity index (χ1n) is 8.27. The van der Waals surface area contributed by atoms with Crippen LogP contribution in [0.25, 0.3) is 0 Å². The van der Waals surface area contributed by atoms with Gasteiger partial charge in [0.2, 0.25) is 0 Å². The summed E-state index contributed by atoms with van der Waals surface area (Å²) < 4.78 is 0.955. The monoisotopic (exact) mass is 289 g/mol. The molecule has 21 heavy (non-hydrogen) atoms. The summed E-state index contributed by atoms with van der Waals surface area (Å²) in [5.74, 6) is 0.163. The molecule has 1 heterocycles. The van der Waals surface area contributed by atoms with Crippen molar-refractivity contribution in [3.05, 3.63) is 29.3 Å². The van der Waals surface area contributed by atoms with Crippen LogP contribution in [-0.2, 0) is 4.79 Å². The molecule has 2 rings (SSSR count). The van der Waals surface area contributed by atoms with E-state index in [1.165, 1.54) is 25.7 Å². The fourth-order valence-corrected chi connectivity index (χ4v) is 3.44. The number of hydrogen-bond donors (Lipinski definition) is 1. The lowest BCUT2D eigenvalue weighted by atomic mass is 10.1. The van der Waals surface area contributed by atoms with E-state index in [2.05, 4.69) is 38.2 Å². The van der Waals surface area contributed by atoms with Gasteiger partial charge in [-0.3, -0.25) is 4.79 Å². The van der Waals surface area contributed by atoms with Gasteiger partial charge in [-0.1, -0.05) is 18.2 Å². The van der Waals surface area contributed by atoms with Crippen LogP contribution in [0.2, 0.25) is 0 Å². The molecule has 1 aliphatic rings. The Morgan fingerprint density at radius 3 is 2.19 bits per heavy atom. The highest BCUT2D eigenvalue weighted by atomic mass is 16.2. The Balaban J connectivity index is 2.06. The van der Waals surface area contributed by atoms with Crippen LogP contribution in [0.4, 0.5) is 5.69 Å². The molecule has 1 aliphatic heterocycles. The van der Waals surface area contributed by atoms with Crippen LogP contribution in [-0.4, -0.2) is 36.6 Å². The van der Waals surface area contributed by atoms with Crippen LogP contribution in [0.5, 0.6) is 0 Å². The van der Waals surface area contributed by atoms with Crippen LogP contribution >= 0.6 is 0 Å². The molecular formula is C18H29N2O+. The summed E-state index contributed by atoms with van der Waals surface area (Å²) >= 11 is 0. The Morgan fingerprint density at radius 1 is 1.10 bits per heavy atom. The molecule has 0 unspecified atom stereocenters. The van der Waals surface area contributed by atoms with E-state index in [1.54, 1.807) is 0 Å². The molecule has 0 aliphatic carbocycles. The second-order valence-corrected chi connectivity index (χ2v) is 6.49. The van der Waals surface area contributed by atoms with Gasteiger partial charge in [-0.2, -0.15) is 0 Å². The van der Waals surface area contributed by atoms with E-state index in [0.29, 0.717) is 6.54 Å². The average molecular weight is 289 g/mol. The SMILES string of the molecule is CC[N+]1(CC(=O)Nc2c(C)cccc2C)CCCCCC1. The number of carbonyl (C=O) groups is 1. The quantitative estimate of drug-likeness (QED) is 0.842. The first-order chi connectivity index (χ1) is 10.1. The summed E-state index contributed by atoms with van der Waals surface area (Å²) in [4.78, 5) is 12.5. The summed E-state index contributed by atoms with van der Waals surface area (Å²) in [7, 11) is 0. The normalized spacial score (nSPS) is 18.0. The van der Waals surface area contributed by atoms with Crippen molar-refractivity contribution < 1.29 is 9.28 Å². The van der Waals surface area contributed by atoms with Gasteiger partial charge in [0.25, 0.3) is 5.91 Å². The van der Waals surface area contributed by atoms with E-state index in [9.17, 15) is 4.79 Å². The minimum absolute atomic E-state index is 0.163. The topological polar surface area (TPSA) is 29.1 Å². The maximum absolute atomic E-state index is 12.5. The molecule has 0 saturated carbocycles. The van der Waals surface area contributed by atoms with Gasteiger partial charge in [-0.05, 0) is 57.6 Å². The van der Waals surface area contributed by atoms with Gasteiger partial charge < -0.3 is 9.80 Å². The lowest BCUT2D eigenvalue weighted by Gasteiger charge is -2.36. The van der Waals surface area contributed by atoms with Crippen molar-refractivity contribution in [1.29, 1.82) is 0 Å². The number of benzene rings is 1. The smallest absolute Gasteiger partial charge is 0.279 e. The number of quaternary nitrogens is 1. The van der Waals surface area contributed by atoms with Gasteiger partial charge in [0.05, 0.1) is 19.6 Å². The van der Waals surface area contributed by atoms with Crippen molar-refractivity contribution in [2.45, 2.75) is 46.5 Å². The first kappa shape index (κ1) is 16.0. The van der Waals surface area contributed by atoms with E-state index in [1.807, 2.05) is 6.07 Å². The standard InChI is InChI=1S/C18H28N2O/c1-4-20(12-7-5-6-8-13-20)14-17(21)19-18-15(2)10-9-11-16(18)3/h9-11H,4-8,12-14H2,1-3H3/p+1. The molecule has 1 saturated heterocycles. The summed E-state index contributed by atoms with van der Waals surface area (Å²) in [5, 5.41) is 3.15. The molecule has 0 aromatic heterocycles. The Hall–Kier alpha value is -1.35. The number of likely N-dealkylation sites (tertiary alicyclic amines) is 1. The van der Waals surface area contributed by atoms with Crippen LogP contribution in [0.15, 0.2) is 18.2 Å². The molecule has 0 bridgehead atoms. The number of rotatable bonds is 4. The molecular weight excluding hydrogens is 260 g/mol. The number of likely N-dealkylation sites (N-methyl/N-ethyl adjacent to an activating group) is 1. The maximum Gasteiger partial charge on any atom is 0.279 e. The summed E-state index contributed by atoms with van der Waals surface area (Å²) in [6.07, 6.45) is 5.14. The maximum atomic E-state index is 12.5. The number of carbonyl (C=O) groups excluding carboxylic acids is 1. The van der Waals surface area contributed by atoms with E-state index in [0.717, 1.165) is 40.9 Å². The minimum atomic E-state index is 0.163. The summed E-state index contributed by atoms with van der Waals surface area (Å²) in [6, 6.07) is 6.15. The van der Waals surface area contributed by atoms with Gasteiger partial charge in [0, 0.05) is 5.69 Å². The minimum Gasteiger partial charge on any atom is -0.321 e. The zero-order chi connectivity index (χ0) is 15.3. The fourth-order valence-electron chi connectivity index (χ4n) is 3.44. The van der Waals surface area contributed by atoms with Crippen molar-refractivity contribution in [2.24, 2.45) is 0 Å². The molecule has 0 radical (unpaired) electrons. The zero-order valence-corrected chi connectivity index (χ0v) is 13.7. The predicted octanol–water partition coefficient (Wildman–Crippen LogP) is 3.65. The Labute approximate surface area is 128 Å². The number of hydrogen-bond acceptors (Lipinski definition) is 1. The number of anilines is 1. The lowest BCUT2D eigenvalue weighted by Crippen LogP contribution is -2.52. The zero-order valence-electron chi connectivity index (χ0n) is 13.7. The molecule has 1 aromatic carbocycles. The molecule has 1 N–H and O–H groups in total. The largest absolute Gasteiger partial charge is 0.321 e. The highest BCUT2D eigenvalue weighted by Crippen LogP contribution is 2.21. The van der Waals surface area contributed by atoms with Crippen LogP contribution < -0.4 is 5.32 Å². The van der Waals surface area contributed by atoms with Crippen molar-refractivity contribution in [1.82, 2.24) is 0 Å². The van der Waals surface area contributed by atoms with Gasteiger partial charge in [-0.25, -0.2) is 0 Å².